The molecule has 3 rings (SSSR count). The van der Waals surface area contributed by atoms with Gasteiger partial charge in [-0.05, 0) is 38.3 Å². The summed E-state index contributed by atoms with van der Waals surface area (Å²) in [6, 6.07) is 8.04. The van der Waals surface area contributed by atoms with E-state index in [1.54, 1.807) is 0 Å². The summed E-state index contributed by atoms with van der Waals surface area (Å²) in [5.41, 5.74) is 2.10. The summed E-state index contributed by atoms with van der Waals surface area (Å²) in [6.45, 7) is 3.26. The van der Waals surface area contributed by atoms with E-state index in [1.807, 2.05) is 25.1 Å². The van der Waals surface area contributed by atoms with Crippen LogP contribution in [0.4, 0.5) is 0 Å². The van der Waals surface area contributed by atoms with Crippen molar-refractivity contribution < 1.29 is 8.42 Å². The molecule has 5 nitrogen and oxygen atoms in total. The van der Waals surface area contributed by atoms with Gasteiger partial charge in [-0.1, -0.05) is 25.0 Å². The van der Waals surface area contributed by atoms with E-state index in [0.717, 1.165) is 55.5 Å². The highest BCUT2D eigenvalue weighted by molar-refractivity contribution is 7.90. The molecule has 0 radical (unpaired) electrons. The highest BCUT2D eigenvalue weighted by Crippen LogP contribution is 2.23. The molecular formula is C16H23N3O2S. The SMILES string of the molecule is Cc1nc2ccccc2n1CCCNS(=O)(=O)C1CCCC1. The van der Waals surface area contributed by atoms with E-state index in [2.05, 4.69) is 20.3 Å². The van der Waals surface area contributed by atoms with E-state index in [1.165, 1.54) is 0 Å². The van der Waals surface area contributed by atoms with Crippen molar-refractivity contribution in [3.63, 3.8) is 0 Å². The Balaban J connectivity index is 1.57. The fourth-order valence-electron chi connectivity index (χ4n) is 3.25. The van der Waals surface area contributed by atoms with Crippen molar-refractivity contribution in [1.29, 1.82) is 0 Å². The van der Waals surface area contributed by atoms with Gasteiger partial charge in [-0.25, -0.2) is 18.1 Å². The summed E-state index contributed by atoms with van der Waals surface area (Å²) in [6.07, 6.45) is 4.45. The van der Waals surface area contributed by atoms with Crippen LogP contribution in [-0.2, 0) is 16.6 Å². The number of nitrogens with one attached hydrogen (secondary N) is 1. The van der Waals surface area contributed by atoms with Gasteiger partial charge in [-0.3, -0.25) is 0 Å². The Morgan fingerprint density at radius 3 is 2.77 bits per heavy atom. The van der Waals surface area contributed by atoms with Gasteiger partial charge in [0.05, 0.1) is 16.3 Å². The van der Waals surface area contributed by atoms with Gasteiger partial charge in [0.15, 0.2) is 0 Å². The van der Waals surface area contributed by atoms with E-state index in [4.69, 9.17) is 0 Å². The number of imidazole rings is 1. The number of hydrogen-bond acceptors (Lipinski definition) is 3. The third kappa shape index (κ3) is 3.17. The summed E-state index contributed by atoms with van der Waals surface area (Å²) in [7, 11) is -3.13. The second kappa shape index (κ2) is 6.38. The molecule has 2 aromatic rings. The molecule has 1 aliphatic carbocycles. The lowest BCUT2D eigenvalue weighted by molar-refractivity contribution is 0.555. The Morgan fingerprint density at radius 2 is 2.00 bits per heavy atom. The van der Waals surface area contributed by atoms with Crippen LogP contribution in [0.15, 0.2) is 24.3 Å². The molecule has 0 amide bonds. The first-order valence-corrected chi connectivity index (χ1v) is 9.53. The zero-order chi connectivity index (χ0) is 15.6. The molecule has 6 heteroatoms. The maximum Gasteiger partial charge on any atom is 0.214 e. The van der Waals surface area contributed by atoms with E-state index < -0.39 is 10.0 Å². The van der Waals surface area contributed by atoms with Crippen molar-refractivity contribution in [2.24, 2.45) is 0 Å². The van der Waals surface area contributed by atoms with Crippen molar-refractivity contribution in [2.75, 3.05) is 6.54 Å². The van der Waals surface area contributed by atoms with Crippen LogP contribution >= 0.6 is 0 Å². The van der Waals surface area contributed by atoms with Gasteiger partial charge < -0.3 is 4.57 Å². The zero-order valence-corrected chi connectivity index (χ0v) is 13.8. The molecule has 1 aliphatic rings. The molecule has 1 fully saturated rings. The topological polar surface area (TPSA) is 64.0 Å². The number of aromatic nitrogens is 2. The molecule has 1 heterocycles. The van der Waals surface area contributed by atoms with E-state index >= 15 is 0 Å². The van der Waals surface area contributed by atoms with Crippen molar-refractivity contribution in [2.45, 2.75) is 50.8 Å². The first-order chi connectivity index (χ1) is 10.6. The fraction of sp³-hybridized carbons (Fsp3) is 0.562. The Hall–Kier alpha value is -1.40. The van der Waals surface area contributed by atoms with Gasteiger partial charge in [-0.2, -0.15) is 0 Å². The lowest BCUT2D eigenvalue weighted by Crippen LogP contribution is -2.33. The van der Waals surface area contributed by atoms with Gasteiger partial charge in [-0.15, -0.1) is 0 Å². The van der Waals surface area contributed by atoms with Crippen LogP contribution in [0.5, 0.6) is 0 Å². The first kappa shape index (κ1) is 15.5. The Labute approximate surface area is 131 Å². The normalized spacial score (nSPS) is 16.6. The van der Waals surface area contributed by atoms with E-state index in [-0.39, 0.29) is 5.25 Å². The summed E-state index contributed by atoms with van der Waals surface area (Å²) in [4.78, 5) is 4.53. The second-order valence-corrected chi connectivity index (χ2v) is 8.04. The third-order valence-electron chi connectivity index (χ3n) is 4.45. The first-order valence-electron chi connectivity index (χ1n) is 7.98. The summed E-state index contributed by atoms with van der Waals surface area (Å²) in [5, 5.41) is -0.177. The largest absolute Gasteiger partial charge is 0.328 e. The number of aryl methyl sites for hydroxylation is 2. The number of rotatable bonds is 6. The van der Waals surface area contributed by atoms with Gasteiger partial charge in [0.1, 0.15) is 5.82 Å². The number of hydrogen-bond donors (Lipinski definition) is 1. The van der Waals surface area contributed by atoms with Gasteiger partial charge >= 0.3 is 0 Å². The van der Waals surface area contributed by atoms with Crippen LogP contribution in [-0.4, -0.2) is 29.8 Å². The lowest BCUT2D eigenvalue weighted by atomic mass is 10.3. The highest BCUT2D eigenvalue weighted by Gasteiger charge is 2.27. The van der Waals surface area contributed by atoms with Crippen molar-refractivity contribution in [3.05, 3.63) is 30.1 Å². The van der Waals surface area contributed by atoms with Gasteiger partial charge in [0.25, 0.3) is 0 Å². The van der Waals surface area contributed by atoms with Crippen LogP contribution in [0.1, 0.15) is 37.9 Å². The van der Waals surface area contributed by atoms with Crippen LogP contribution in [0.3, 0.4) is 0 Å². The minimum Gasteiger partial charge on any atom is -0.328 e. The monoisotopic (exact) mass is 321 g/mol. The molecule has 1 aromatic carbocycles. The van der Waals surface area contributed by atoms with Gasteiger partial charge in [0, 0.05) is 13.1 Å². The lowest BCUT2D eigenvalue weighted by Gasteiger charge is -2.13. The maximum absolute atomic E-state index is 12.1. The summed E-state index contributed by atoms with van der Waals surface area (Å²) in [5.74, 6) is 0.972. The molecule has 0 atom stereocenters. The Kier molecular flexibility index (Phi) is 4.49. The molecule has 0 unspecified atom stereocenters. The molecule has 120 valence electrons. The predicted octanol–water partition coefficient (Wildman–Crippen LogP) is 2.60. The van der Waals surface area contributed by atoms with Gasteiger partial charge in [0.2, 0.25) is 10.0 Å². The number of nitrogens with zero attached hydrogens (tertiary/aromatic N) is 2. The van der Waals surface area contributed by atoms with E-state index in [9.17, 15) is 8.42 Å². The second-order valence-electron chi connectivity index (χ2n) is 6.00. The minimum absolute atomic E-state index is 0.177. The number of para-hydroxylation sites is 2. The predicted molar refractivity (Wildman–Crippen MR) is 88.3 cm³/mol. The molecule has 1 saturated carbocycles. The van der Waals surface area contributed by atoms with Crippen molar-refractivity contribution in [3.8, 4) is 0 Å². The molecule has 0 aliphatic heterocycles. The molecular weight excluding hydrogens is 298 g/mol. The van der Waals surface area contributed by atoms with Crippen LogP contribution in [0.25, 0.3) is 11.0 Å². The quantitative estimate of drug-likeness (QED) is 0.832. The summed E-state index contributed by atoms with van der Waals surface area (Å²) >= 11 is 0. The average molecular weight is 321 g/mol. The van der Waals surface area contributed by atoms with Crippen molar-refractivity contribution in [1.82, 2.24) is 14.3 Å². The molecule has 0 spiro atoms. The molecule has 1 aromatic heterocycles. The Morgan fingerprint density at radius 1 is 1.27 bits per heavy atom. The van der Waals surface area contributed by atoms with Crippen LogP contribution in [0, 0.1) is 6.92 Å². The molecule has 0 bridgehead atoms. The van der Waals surface area contributed by atoms with Crippen LogP contribution in [0.2, 0.25) is 0 Å². The number of fused-ring (bicyclic) bond motifs is 1. The number of benzene rings is 1. The maximum atomic E-state index is 12.1. The average Bonchev–Trinajstić information content (AvgIpc) is 3.12. The number of sulfonamides is 1. The van der Waals surface area contributed by atoms with E-state index in [0.29, 0.717) is 6.54 Å². The third-order valence-corrected chi connectivity index (χ3v) is 6.40. The smallest absolute Gasteiger partial charge is 0.214 e. The molecule has 1 N–H and O–H groups in total. The minimum atomic E-state index is -3.13. The standard InChI is InChI=1S/C16H23N3O2S/c1-13-18-15-9-4-5-10-16(15)19(13)12-6-11-17-22(20,21)14-7-2-3-8-14/h4-5,9-10,14,17H,2-3,6-8,11-12H2,1H3. The molecule has 22 heavy (non-hydrogen) atoms. The van der Waals surface area contributed by atoms with Crippen LogP contribution < -0.4 is 4.72 Å². The summed E-state index contributed by atoms with van der Waals surface area (Å²) < 4.78 is 29.2. The Bertz CT molecular complexity index is 746. The highest BCUT2D eigenvalue weighted by atomic mass is 32.2. The molecule has 0 saturated heterocycles. The van der Waals surface area contributed by atoms with Crippen molar-refractivity contribution >= 4 is 21.1 Å². The fourth-order valence-corrected chi connectivity index (χ4v) is 4.86. The zero-order valence-electron chi connectivity index (χ0n) is 13.0.